The zero-order chi connectivity index (χ0) is 22.8. The first-order valence-electron chi connectivity index (χ1n) is 10.6. The van der Waals surface area contributed by atoms with E-state index in [0.29, 0.717) is 33.9 Å². The van der Waals surface area contributed by atoms with Crippen LogP contribution in [-0.2, 0) is 0 Å². The summed E-state index contributed by atoms with van der Waals surface area (Å²) >= 11 is 6.39. The Balaban J connectivity index is 1.52. The zero-order valence-electron chi connectivity index (χ0n) is 17.5. The van der Waals surface area contributed by atoms with Crippen LogP contribution in [0.5, 0.6) is 17.6 Å². The van der Waals surface area contributed by atoms with E-state index in [-0.39, 0.29) is 17.6 Å². The first-order chi connectivity index (χ1) is 16.1. The predicted molar refractivity (Wildman–Crippen MR) is 120 cm³/mol. The van der Waals surface area contributed by atoms with E-state index in [2.05, 4.69) is 25.1 Å². The molecule has 0 spiro atoms. The maximum Gasteiger partial charge on any atom is 0.327 e. The number of halogens is 3. The predicted octanol–water partition coefficient (Wildman–Crippen LogP) is 5.22. The van der Waals surface area contributed by atoms with Crippen molar-refractivity contribution in [2.75, 3.05) is 26.2 Å². The number of aromatic amines is 1. The van der Waals surface area contributed by atoms with Crippen molar-refractivity contribution in [1.29, 1.82) is 0 Å². The third-order valence-electron chi connectivity index (χ3n) is 5.43. The van der Waals surface area contributed by atoms with Crippen LogP contribution in [0.1, 0.15) is 12.8 Å². The van der Waals surface area contributed by atoms with Gasteiger partial charge in [-0.2, -0.15) is 15.1 Å². The number of hydrogen-bond donors (Lipinski definition) is 1. The van der Waals surface area contributed by atoms with Crippen LogP contribution in [0, 0.1) is 11.6 Å². The summed E-state index contributed by atoms with van der Waals surface area (Å²) in [5.74, 6) is -1.54. The van der Waals surface area contributed by atoms with Gasteiger partial charge in [0.2, 0.25) is 5.88 Å². The van der Waals surface area contributed by atoms with Gasteiger partial charge in [-0.25, -0.2) is 8.78 Å². The van der Waals surface area contributed by atoms with Gasteiger partial charge in [-0.1, -0.05) is 29.8 Å². The molecule has 0 amide bonds. The molecule has 0 unspecified atom stereocenters. The van der Waals surface area contributed by atoms with Crippen molar-refractivity contribution in [3.05, 3.63) is 59.1 Å². The van der Waals surface area contributed by atoms with Crippen molar-refractivity contribution < 1.29 is 18.3 Å². The number of hydrogen-bond acceptors (Lipinski definition) is 6. The first kappa shape index (κ1) is 21.5. The smallest absolute Gasteiger partial charge is 0.327 e. The Morgan fingerprint density at radius 2 is 1.88 bits per heavy atom. The van der Waals surface area contributed by atoms with Crippen LogP contribution in [-0.4, -0.2) is 51.3 Å². The Bertz CT molecular complexity index is 1290. The molecule has 1 fully saturated rings. The number of ether oxygens (including phenoxy) is 2. The molecule has 0 radical (unpaired) electrons. The maximum absolute atomic E-state index is 14.1. The molecular weight excluding hydrogens is 452 g/mol. The van der Waals surface area contributed by atoms with E-state index in [1.165, 1.54) is 18.9 Å². The average molecular weight is 472 g/mol. The SMILES string of the molecule is Fc1ccc(Oc2nc(OCCN3CCCC3)c3c(-c4ccccc4Cl)n[nH]c3n2)c(F)c1. The molecule has 5 rings (SSSR count). The van der Waals surface area contributed by atoms with Gasteiger partial charge in [0.1, 0.15) is 23.5 Å². The van der Waals surface area contributed by atoms with Gasteiger partial charge in [-0.15, -0.1) is 0 Å². The molecule has 1 N–H and O–H groups in total. The fraction of sp³-hybridized carbons (Fsp3) is 0.261. The molecule has 0 saturated carbocycles. The molecule has 2 aromatic carbocycles. The van der Waals surface area contributed by atoms with Gasteiger partial charge in [0, 0.05) is 18.2 Å². The lowest BCUT2D eigenvalue weighted by Gasteiger charge is -2.15. The van der Waals surface area contributed by atoms with Crippen LogP contribution in [0.3, 0.4) is 0 Å². The normalized spacial score (nSPS) is 14.2. The quantitative estimate of drug-likeness (QED) is 0.398. The molecule has 0 atom stereocenters. The fourth-order valence-electron chi connectivity index (χ4n) is 3.81. The number of fused-ring (bicyclic) bond motifs is 1. The Morgan fingerprint density at radius 3 is 2.67 bits per heavy atom. The molecule has 170 valence electrons. The van der Waals surface area contributed by atoms with Crippen molar-refractivity contribution >= 4 is 22.6 Å². The third-order valence-corrected chi connectivity index (χ3v) is 5.76. The second-order valence-corrected chi connectivity index (χ2v) is 8.07. The van der Waals surface area contributed by atoms with Crippen molar-refractivity contribution in [3.8, 4) is 28.9 Å². The number of H-pyrrole nitrogens is 1. The van der Waals surface area contributed by atoms with Gasteiger partial charge < -0.3 is 9.47 Å². The minimum atomic E-state index is -0.864. The van der Waals surface area contributed by atoms with E-state index in [9.17, 15) is 8.78 Å². The van der Waals surface area contributed by atoms with Crippen molar-refractivity contribution in [3.63, 3.8) is 0 Å². The van der Waals surface area contributed by atoms with E-state index in [4.69, 9.17) is 21.1 Å². The number of nitrogens with zero attached hydrogens (tertiary/aromatic N) is 4. The molecule has 1 aliphatic heterocycles. The molecule has 10 heteroatoms. The number of likely N-dealkylation sites (tertiary alicyclic amines) is 1. The van der Waals surface area contributed by atoms with Gasteiger partial charge >= 0.3 is 6.01 Å². The minimum Gasteiger partial charge on any atom is -0.476 e. The highest BCUT2D eigenvalue weighted by molar-refractivity contribution is 6.33. The van der Waals surface area contributed by atoms with E-state index in [0.717, 1.165) is 31.8 Å². The third kappa shape index (κ3) is 4.60. The summed E-state index contributed by atoms with van der Waals surface area (Å²) in [6, 6.07) is 10.1. The molecule has 1 aliphatic rings. The second kappa shape index (κ2) is 9.29. The second-order valence-electron chi connectivity index (χ2n) is 7.66. The molecule has 3 heterocycles. The number of rotatable bonds is 7. The van der Waals surface area contributed by atoms with Crippen LogP contribution in [0.15, 0.2) is 42.5 Å². The van der Waals surface area contributed by atoms with Gasteiger partial charge in [0.25, 0.3) is 0 Å². The Morgan fingerprint density at radius 1 is 1.06 bits per heavy atom. The van der Waals surface area contributed by atoms with Gasteiger partial charge in [0.15, 0.2) is 17.2 Å². The van der Waals surface area contributed by atoms with Crippen molar-refractivity contribution in [2.24, 2.45) is 0 Å². The summed E-state index contributed by atoms with van der Waals surface area (Å²) in [5.41, 5.74) is 1.57. The molecule has 0 bridgehead atoms. The molecule has 0 aliphatic carbocycles. The Labute approximate surface area is 193 Å². The van der Waals surface area contributed by atoms with Gasteiger partial charge in [-0.3, -0.25) is 10.00 Å². The lowest BCUT2D eigenvalue weighted by molar-refractivity contribution is 0.232. The largest absolute Gasteiger partial charge is 0.476 e. The van der Waals surface area contributed by atoms with Gasteiger partial charge in [-0.05, 0) is 44.1 Å². The highest BCUT2D eigenvalue weighted by Gasteiger charge is 2.21. The lowest BCUT2D eigenvalue weighted by atomic mass is 10.1. The van der Waals surface area contributed by atoms with E-state index >= 15 is 0 Å². The van der Waals surface area contributed by atoms with Crippen LogP contribution < -0.4 is 9.47 Å². The van der Waals surface area contributed by atoms with Crippen LogP contribution in [0.4, 0.5) is 8.78 Å². The van der Waals surface area contributed by atoms with Crippen LogP contribution >= 0.6 is 11.6 Å². The monoisotopic (exact) mass is 471 g/mol. The summed E-state index contributed by atoms with van der Waals surface area (Å²) in [5, 5.41) is 8.27. The minimum absolute atomic E-state index is 0.154. The highest BCUT2D eigenvalue weighted by atomic mass is 35.5. The summed E-state index contributed by atoms with van der Waals surface area (Å²) in [6.07, 6.45) is 2.36. The first-order valence-corrected chi connectivity index (χ1v) is 11.0. The lowest BCUT2D eigenvalue weighted by Crippen LogP contribution is -2.25. The summed E-state index contributed by atoms with van der Waals surface area (Å²) in [7, 11) is 0. The van der Waals surface area contributed by atoms with Crippen molar-refractivity contribution in [2.45, 2.75) is 12.8 Å². The van der Waals surface area contributed by atoms with E-state index in [1.54, 1.807) is 6.07 Å². The van der Waals surface area contributed by atoms with Crippen LogP contribution in [0.2, 0.25) is 5.02 Å². The molecular formula is C23H20ClF2N5O2. The van der Waals surface area contributed by atoms with Crippen LogP contribution in [0.25, 0.3) is 22.3 Å². The van der Waals surface area contributed by atoms with E-state index in [1.807, 2.05) is 18.2 Å². The van der Waals surface area contributed by atoms with Crippen molar-refractivity contribution in [1.82, 2.24) is 25.1 Å². The molecule has 1 saturated heterocycles. The Hall–Kier alpha value is -3.30. The fourth-order valence-corrected chi connectivity index (χ4v) is 4.04. The highest BCUT2D eigenvalue weighted by Crippen LogP contribution is 2.37. The number of benzene rings is 2. The zero-order valence-corrected chi connectivity index (χ0v) is 18.3. The van der Waals surface area contributed by atoms with E-state index < -0.39 is 11.6 Å². The number of nitrogens with one attached hydrogen (secondary N) is 1. The summed E-state index contributed by atoms with van der Waals surface area (Å²) in [6.45, 7) is 3.21. The molecule has 7 nitrogen and oxygen atoms in total. The maximum atomic E-state index is 14.1. The van der Waals surface area contributed by atoms with Gasteiger partial charge in [0.05, 0.1) is 5.02 Å². The number of aromatic nitrogens is 4. The average Bonchev–Trinajstić information content (AvgIpc) is 3.46. The summed E-state index contributed by atoms with van der Waals surface area (Å²) < 4.78 is 38.9. The molecule has 2 aromatic heterocycles. The molecule has 33 heavy (non-hydrogen) atoms. The standard InChI is InChI=1S/C23H20ClF2N5O2/c24-16-6-2-1-5-15(16)20-19-21(30-29-20)27-23(33-18-8-7-14(25)13-17(18)26)28-22(19)32-12-11-31-9-3-4-10-31/h1-2,5-8,13H,3-4,9-12H2,(H,27,28,29,30). The Kier molecular flexibility index (Phi) is 6.06. The molecule has 4 aromatic rings. The summed E-state index contributed by atoms with van der Waals surface area (Å²) in [4.78, 5) is 11.0. The topological polar surface area (TPSA) is 76.2 Å².